The molecule has 2 fully saturated rings. The normalized spacial score (nSPS) is 24.6. The number of carbonyl (C=O) groups excluding carboxylic acids is 1. The summed E-state index contributed by atoms with van der Waals surface area (Å²) < 4.78 is 10.6. The van der Waals surface area contributed by atoms with Crippen LogP contribution in [0.2, 0.25) is 0 Å². The number of morpholine rings is 1. The van der Waals surface area contributed by atoms with Crippen LogP contribution >= 0.6 is 0 Å². The quantitative estimate of drug-likeness (QED) is 0.915. The Bertz CT molecular complexity index is 459. The average molecular weight is 276 g/mol. The maximum absolute atomic E-state index is 12.3. The van der Waals surface area contributed by atoms with E-state index in [2.05, 4.69) is 5.32 Å². The highest BCUT2D eigenvalue weighted by Crippen LogP contribution is 2.28. The second-order valence-electron chi connectivity index (χ2n) is 5.34. The molecule has 108 valence electrons. The summed E-state index contributed by atoms with van der Waals surface area (Å²) >= 11 is 0. The first kappa shape index (κ1) is 13.2. The molecule has 20 heavy (non-hydrogen) atoms. The van der Waals surface area contributed by atoms with E-state index in [4.69, 9.17) is 9.47 Å². The molecule has 5 heteroatoms. The number of nitrogens with one attached hydrogen (secondary N) is 1. The van der Waals surface area contributed by atoms with Crippen molar-refractivity contribution in [3.8, 4) is 5.75 Å². The summed E-state index contributed by atoms with van der Waals surface area (Å²) in [5.74, 6) is 0.825. The lowest BCUT2D eigenvalue weighted by Crippen LogP contribution is -2.52. The van der Waals surface area contributed by atoms with E-state index in [0.29, 0.717) is 19.8 Å². The predicted octanol–water partition coefficient (Wildman–Crippen LogP) is 1.77. The van der Waals surface area contributed by atoms with Crippen molar-refractivity contribution in [3.05, 3.63) is 29.8 Å². The van der Waals surface area contributed by atoms with Gasteiger partial charge in [0.15, 0.2) is 0 Å². The Kier molecular flexibility index (Phi) is 3.78. The second-order valence-corrected chi connectivity index (χ2v) is 5.34. The van der Waals surface area contributed by atoms with Crippen molar-refractivity contribution >= 4 is 6.03 Å². The molecule has 0 saturated carbocycles. The number of hydrogen-bond donors (Lipinski definition) is 1. The number of nitrogens with zero attached hydrogens (tertiary/aromatic N) is 1. The van der Waals surface area contributed by atoms with Gasteiger partial charge in [-0.3, -0.25) is 0 Å². The zero-order chi connectivity index (χ0) is 13.9. The van der Waals surface area contributed by atoms with E-state index in [1.54, 1.807) is 7.11 Å². The van der Waals surface area contributed by atoms with Crippen LogP contribution in [0.3, 0.4) is 0 Å². The minimum atomic E-state index is 0.0246. The van der Waals surface area contributed by atoms with Gasteiger partial charge >= 0.3 is 6.03 Å². The lowest BCUT2D eigenvalue weighted by molar-refractivity contribution is 0.00631. The number of benzene rings is 1. The van der Waals surface area contributed by atoms with Crippen molar-refractivity contribution in [2.75, 3.05) is 20.3 Å². The molecular formula is C15H20N2O3. The van der Waals surface area contributed by atoms with E-state index in [1.165, 1.54) is 0 Å². The summed E-state index contributed by atoms with van der Waals surface area (Å²) in [4.78, 5) is 14.3. The summed E-state index contributed by atoms with van der Waals surface area (Å²) in [6.07, 6.45) is 2.11. The fourth-order valence-electron chi connectivity index (χ4n) is 2.97. The number of carbonyl (C=O) groups is 1. The Morgan fingerprint density at radius 1 is 1.30 bits per heavy atom. The molecule has 0 aliphatic carbocycles. The van der Waals surface area contributed by atoms with E-state index in [0.717, 1.165) is 24.2 Å². The molecule has 2 amide bonds. The van der Waals surface area contributed by atoms with Gasteiger partial charge in [-0.15, -0.1) is 0 Å². The molecule has 2 heterocycles. The van der Waals surface area contributed by atoms with Crippen LogP contribution < -0.4 is 10.1 Å². The van der Waals surface area contributed by atoms with E-state index < -0.39 is 0 Å². The van der Waals surface area contributed by atoms with Gasteiger partial charge in [-0.05, 0) is 30.5 Å². The van der Waals surface area contributed by atoms with Gasteiger partial charge in [-0.1, -0.05) is 12.1 Å². The van der Waals surface area contributed by atoms with Crippen LogP contribution in [0.15, 0.2) is 24.3 Å². The van der Waals surface area contributed by atoms with Crippen molar-refractivity contribution in [2.45, 2.75) is 31.5 Å². The number of rotatable bonds is 3. The molecule has 2 aliphatic rings. The van der Waals surface area contributed by atoms with E-state index in [9.17, 15) is 4.79 Å². The second kappa shape index (κ2) is 5.71. The first-order valence-electron chi connectivity index (χ1n) is 7.05. The molecule has 5 nitrogen and oxygen atoms in total. The highest BCUT2D eigenvalue weighted by molar-refractivity contribution is 5.75. The number of amides is 2. The summed E-state index contributed by atoms with van der Waals surface area (Å²) in [5, 5.41) is 3.00. The van der Waals surface area contributed by atoms with Crippen LogP contribution in [-0.2, 0) is 11.3 Å². The van der Waals surface area contributed by atoms with Crippen LogP contribution in [0.5, 0.6) is 5.75 Å². The maximum atomic E-state index is 12.3. The first-order chi connectivity index (χ1) is 9.78. The molecular weight excluding hydrogens is 256 g/mol. The minimum absolute atomic E-state index is 0.0246. The van der Waals surface area contributed by atoms with Crippen LogP contribution in [0.1, 0.15) is 18.4 Å². The Labute approximate surface area is 118 Å². The smallest absolute Gasteiger partial charge is 0.318 e. The number of ether oxygens (including phenoxy) is 2. The molecule has 2 aliphatic heterocycles. The van der Waals surface area contributed by atoms with Crippen LogP contribution in [0.4, 0.5) is 4.79 Å². The minimum Gasteiger partial charge on any atom is -0.497 e. The van der Waals surface area contributed by atoms with Crippen LogP contribution in [0, 0.1) is 0 Å². The third-order valence-electron chi connectivity index (χ3n) is 4.08. The largest absolute Gasteiger partial charge is 0.497 e. The van der Waals surface area contributed by atoms with Crippen LogP contribution in [-0.4, -0.2) is 43.3 Å². The summed E-state index contributed by atoms with van der Waals surface area (Å²) in [7, 11) is 1.64. The molecule has 0 unspecified atom stereocenters. The zero-order valence-electron chi connectivity index (χ0n) is 11.7. The van der Waals surface area contributed by atoms with Gasteiger partial charge in [0.25, 0.3) is 0 Å². The third kappa shape index (κ3) is 2.58. The molecule has 0 radical (unpaired) electrons. The van der Waals surface area contributed by atoms with E-state index in [-0.39, 0.29) is 18.1 Å². The molecule has 1 aromatic carbocycles. The fraction of sp³-hybridized carbons (Fsp3) is 0.533. The molecule has 0 spiro atoms. The van der Waals surface area contributed by atoms with Crippen LogP contribution in [0.25, 0.3) is 0 Å². The Morgan fingerprint density at radius 3 is 2.55 bits per heavy atom. The monoisotopic (exact) mass is 276 g/mol. The van der Waals surface area contributed by atoms with Gasteiger partial charge in [0.2, 0.25) is 0 Å². The molecule has 0 aromatic heterocycles. The molecule has 3 rings (SSSR count). The number of methoxy groups -OCH3 is 1. The molecule has 2 saturated heterocycles. The highest BCUT2D eigenvalue weighted by atomic mass is 16.5. The van der Waals surface area contributed by atoms with Gasteiger partial charge in [-0.2, -0.15) is 0 Å². The van der Waals surface area contributed by atoms with Crippen molar-refractivity contribution in [1.82, 2.24) is 10.2 Å². The lowest BCUT2D eigenvalue weighted by atomic mass is 10.2. The Morgan fingerprint density at radius 2 is 1.95 bits per heavy atom. The average Bonchev–Trinajstić information content (AvgIpc) is 2.75. The van der Waals surface area contributed by atoms with Crippen molar-refractivity contribution in [3.63, 3.8) is 0 Å². The zero-order valence-corrected chi connectivity index (χ0v) is 11.7. The molecule has 1 N–H and O–H groups in total. The van der Waals surface area contributed by atoms with Gasteiger partial charge in [-0.25, -0.2) is 4.79 Å². The maximum Gasteiger partial charge on any atom is 0.318 e. The van der Waals surface area contributed by atoms with E-state index in [1.807, 2.05) is 29.2 Å². The topological polar surface area (TPSA) is 50.8 Å². The highest BCUT2D eigenvalue weighted by Gasteiger charge is 2.40. The molecule has 1 aromatic rings. The van der Waals surface area contributed by atoms with Crippen molar-refractivity contribution in [2.24, 2.45) is 0 Å². The summed E-state index contributed by atoms with van der Waals surface area (Å²) in [5.41, 5.74) is 1.07. The van der Waals surface area contributed by atoms with Gasteiger partial charge in [0.1, 0.15) is 5.75 Å². The van der Waals surface area contributed by atoms with Crippen molar-refractivity contribution < 1.29 is 14.3 Å². The summed E-state index contributed by atoms with van der Waals surface area (Å²) in [6, 6.07) is 8.27. The number of hydrogen-bond acceptors (Lipinski definition) is 3. The standard InChI is InChI=1S/C15H20N2O3/c1-19-14-6-2-11(3-7-14)8-16-15(18)17-12-4-5-13(17)10-20-9-12/h2-3,6-7,12-13H,4-5,8-10H2,1H3,(H,16,18)/t12-,13-/m1/s1. The number of urea groups is 1. The van der Waals surface area contributed by atoms with Gasteiger partial charge in [0, 0.05) is 6.54 Å². The van der Waals surface area contributed by atoms with Gasteiger partial charge < -0.3 is 19.7 Å². The fourth-order valence-corrected chi connectivity index (χ4v) is 2.97. The molecule has 2 bridgehead atoms. The van der Waals surface area contributed by atoms with Gasteiger partial charge in [0.05, 0.1) is 32.4 Å². The third-order valence-corrected chi connectivity index (χ3v) is 4.08. The molecule has 2 atom stereocenters. The number of fused-ring (bicyclic) bond motifs is 2. The van der Waals surface area contributed by atoms with Crippen molar-refractivity contribution in [1.29, 1.82) is 0 Å². The Balaban J connectivity index is 1.56. The predicted molar refractivity (Wildman–Crippen MR) is 74.7 cm³/mol. The Hall–Kier alpha value is -1.75. The SMILES string of the molecule is COc1ccc(CNC(=O)N2[C@@H]3CC[C@@H]2COC3)cc1. The first-order valence-corrected chi connectivity index (χ1v) is 7.05. The summed E-state index contributed by atoms with van der Waals surface area (Å²) in [6.45, 7) is 1.89. The lowest BCUT2D eigenvalue weighted by Gasteiger charge is -2.34. The van der Waals surface area contributed by atoms with E-state index >= 15 is 0 Å².